The minimum absolute atomic E-state index is 0.0270. The molecule has 1 heterocycles. The van der Waals surface area contributed by atoms with Crippen LogP contribution in [-0.2, 0) is 0 Å². The predicted molar refractivity (Wildman–Crippen MR) is 54.9 cm³/mol. The monoisotopic (exact) mass is 204 g/mol. The van der Waals surface area contributed by atoms with Crippen LogP contribution in [0, 0.1) is 0 Å². The van der Waals surface area contributed by atoms with Gasteiger partial charge in [0.25, 0.3) is 0 Å². The first-order valence-corrected chi connectivity index (χ1v) is 5.51. The third-order valence-electron chi connectivity index (χ3n) is 2.78. The minimum Gasteiger partial charge on any atom is -0.387 e. The summed E-state index contributed by atoms with van der Waals surface area (Å²) in [5.74, 6) is 0. The van der Waals surface area contributed by atoms with Gasteiger partial charge in [-0.3, -0.25) is 4.98 Å². The zero-order valence-corrected chi connectivity index (χ0v) is 9.08. The molecule has 1 aromatic heterocycles. The van der Waals surface area contributed by atoms with Gasteiger partial charge in [0.2, 0.25) is 0 Å². The molecule has 0 saturated heterocycles. The lowest BCUT2D eigenvalue weighted by molar-refractivity contribution is 0.162. The van der Waals surface area contributed by atoms with E-state index in [2.05, 4.69) is 21.3 Å². The number of nitrogens with zero attached hydrogens (tertiary/aromatic N) is 1. The van der Waals surface area contributed by atoms with Crippen LogP contribution in [0.2, 0.25) is 4.78 Å². The summed E-state index contributed by atoms with van der Waals surface area (Å²) in [4.78, 5) is 4.21. The molecule has 3 atom stereocenters. The van der Waals surface area contributed by atoms with E-state index in [1.54, 1.807) is 6.20 Å². The molecular weight excluding hydrogens is 191 g/mol. The van der Waals surface area contributed by atoms with Gasteiger partial charge >= 0.3 is 0 Å². The van der Waals surface area contributed by atoms with Crippen molar-refractivity contribution in [3.8, 4) is 0 Å². The van der Waals surface area contributed by atoms with Crippen molar-refractivity contribution < 1.29 is 5.11 Å². The van der Waals surface area contributed by atoms with E-state index in [4.69, 9.17) is 5.73 Å². The van der Waals surface area contributed by atoms with E-state index in [0.29, 0.717) is 4.78 Å². The topological polar surface area (TPSA) is 59.1 Å². The smallest absolute Gasteiger partial charge is 0.126 e. The maximum atomic E-state index is 9.85. The Morgan fingerprint density at radius 1 is 1.50 bits per heavy atom. The number of hydrogen-bond acceptors (Lipinski definition) is 3. The average Bonchev–Trinajstić information content (AvgIpc) is 2.33. The van der Waals surface area contributed by atoms with E-state index < -0.39 is 6.10 Å². The summed E-state index contributed by atoms with van der Waals surface area (Å²) in [6, 6.07) is 3.80. The fraction of sp³-hybridized carbons (Fsp3) is 0.500. The molecule has 0 amide bonds. The Balaban J connectivity index is 2.46. The summed E-state index contributed by atoms with van der Waals surface area (Å²) in [5, 5.41) is 9.85. The molecule has 2 rings (SSSR count). The Hall–Kier alpha value is -0.398. The molecule has 3 N–H and O–H groups in total. The number of hydrogen-bond donors (Lipinski definition) is 2. The summed E-state index contributed by atoms with van der Waals surface area (Å²) in [6.45, 7) is 0. The second-order valence-corrected chi connectivity index (χ2v) is 4.62. The normalized spacial score (nSPS) is 32.0. The highest BCUT2D eigenvalue weighted by Crippen LogP contribution is 2.36. The number of aromatic nitrogens is 1. The molecule has 1 aromatic rings. The Bertz CT molecular complexity index is 332. The molecule has 3 nitrogen and oxygen atoms in total. The van der Waals surface area contributed by atoms with Gasteiger partial charge in [0.1, 0.15) is 16.3 Å². The van der Waals surface area contributed by atoms with Crippen LogP contribution < -0.4 is 5.73 Å². The van der Waals surface area contributed by atoms with Crippen molar-refractivity contribution >= 4 is 16.3 Å². The van der Waals surface area contributed by atoms with Crippen LogP contribution >= 0.6 is 0 Å². The van der Waals surface area contributed by atoms with Crippen LogP contribution in [0.5, 0.6) is 0 Å². The fourth-order valence-electron chi connectivity index (χ4n) is 1.89. The van der Waals surface area contributed by atoms with Crippen molar-refractivity contribution in [3.05, 3.63) is 29.6 Å². The molecule has 4 heteroatoms. The van der Waals surface area contributed by atoms with E-state index >= 15 is 0 Å². The zero-order valence-electron chi connectivity index (χ0n) is 7.93. The van der Waals surface area contributed by atoms with Crippen molar-refractivity contribution in [2.24, 2.45) is 5.73 Å². The number of rotatable bonds is 0. The van der Waals surface area contributed by atoms with Gasteiger partial charge in [-0.25, -0.2) is 0 Å². The number of aliphatic hydroxyl groups is 1. The van der Waals surface area contributed by atoms with Crippen LogP contribution in [0.25, 0.3) is 0 Å². The average molecular weight is 204 g/mol. The van der Waals surface area contributed by atoms with Gasteiger partial charge in [0.15, 0.2) is 0 Å². The minimum atomic E-state index is -0.456. The number of pyridine rings is 1. The van der Waals surface area contributed by atoms with Gasteiger partial charge in [0.05, 0.1) is 11.8 Å². The van der Waals surface area contributed by atoms with E-state index in [1.165, 1.54) is 0 Å². The maximum absolute atomic E-state index is 9.85. The molecule has 0 saturated carbocycles. The Morgan fingerprint density at radius 2 is 2.29 bits per heavy atom. The van der Waals surface area contributed by atoms with Crippen LogP contribution in [0.1, 0.15) is 36.2 Å². The van der Waals surface area contributed by atoms with E-state index in [9.17, 15) is 5.11 Å². The summed E-state index contributed by atoms with van der Waals surface area (Å²) in [6.07, 6.45) is 2.91. The molecule has 1 aliphatic rings. The Labute approximate surface area is 91.8 Å². The second kappa shape index (κ2) is 4.00. The van der Waals surface area contributed by atoms with Gasteiger partial charge < -0.3 is 10.8 Å². The van der Waals surface area contributed by atoms with Crippen LogP contribution in [0.15, 0.2) is 18.3 Å². The molecule has 14 heavy (non-hydrogen) atoms. The number of aliphatic hydroxyl groups excluding tert-OH is 1. The maximum Gasteiger partial charge on any atom is 0.126 e. The highest BCUT2D eigenvalue weighted by molar-refractivity contribution is 6.12. The van der Waals surface area contributed by atoms with Crippen molar-refractivity contribution in [1.29, 1.82) is 0 Å². The highest BCUT2D eigenvalue weighted by Gasteiger charge is 2.25. The molecule has 1 aliphatic carbocycles. The molecular formula is C10H13AlN2O. The molecule has 0 aliphatic heterocycles. The molecule has 0 aromatic carbocycles. The third kappa shape index (κ3) is 1.71. The van der Waals surface area contributed by atoms with Crippen molar-refractivity contribution in [2.75, 3.05) is 0 Å². The number of nitrogens with two attached hydrogens (primary N) is 1. The summed E-state index contributed by atoms with van der Waals surface area (Å²) < 4.78 is 0.329. The SMILES string of the molecule is N[C@@H]1c2cccnc2[C@H](O)CC[C@H]1[Al]. The lowest BCUT2D eigenvalue weighted by Gasteiger charge is -2.18. The summed E-state index contributed by atoms with van der Waals surface area (Å²) >= 11 is 2.75. The molecule has 0 unspecified atom stereocenters. The molecule has 0 spiro atoms. The second-order valence-electron chi connectivity index (χ2n) is 3.76. The summed E-state index contributed by atoms with van der Waals surface area (Å²) in [5.41, 5.74) is 7.82. The lowest BCUT2D eigenvalue weighted by Crippen LogP contribution is -2.17. The van der Waals surface area contributed by atoms with Gasteiger partial charge in [-0.15, -0.1) is 0 Å². The van der Waals surface area contributed by atoms with Gasteiger partial charge in [-0.05, 0) is 18.1 Å². The van der Waals surface area contributed by atoms with Crippen LogP contribution in [-0.4, -0.2) is 26.4 Å². The van der Waals surface area contributed by atoms with Crippen molar-refractivity contribution in [3.63, 3.8) is 0 Å². The highest BCUT2D eigenvalue weighted by atomic mass is 27.0. The zero-order chi connectivity index (χ0) is 10.1. The first-order chi connectivity index (χ1) is 6.70. The number of fused-ring (bicyclic) bond motifs is 1. The first-order valence-electron chi connectivity index (χ1n) is 4.84. The molecule has 2 radical (unpaired) electrons. The first kappa shape index (κ1) is 10.1. The molecule has 0 fully saturated rings. The Kier molecular flexibility index (Phi) is 2.89. The van der Waals surface area contributed by atoms with Gasteiger partial charge in [-0.1, -0.05) is 17.3 Å². The lowest BCUT2D eigenvalue weighted by atomic mass is 10.0. The van der Waals surface area contributed by atoms with Gasteiger partial charge in [0, 0.05) is 12.2 Å². The van der Waals surface area contributed by atoms with Gasteiger partial charge in [-0.2, -0.15) is 0 Å². The third-order valence-corrected chi connectivity index (χ3v) is 3.53. The fourth-order valence-corrected chi connectivity index (χ4v) is 2.29. The van der Waals surface area contributed by atoms with E-state index in [-0.39, 0.29) is 6.04 Å². The quantitative estimate of drug-likeness (QED) is 0.487. The molecule has 72 valence electrons. The molecule has 0 bridgehead atoms. The van der Waals surface area contributed by atoms with Crippen molar-refractivity contribution in [1.82, 2.24) is 4.98 Å². The predicted octanol–water partition coefficient (Wildman–Crippen LogP) is 0.866. The van der Waals surface area contributed by atoms with E-state index in [1.807, 2.05) is 12.1 Å². The van der Waals surface area contributed by atoms with Crippen LogP contribution in [0.4, 0.5) is 0 Å². The summed E-state index contributed by atoms with van der Waals surface area (Å²) in [7, 11) is 0. The van der Waals surface area contributed by atoms with Crippen LogP contribution in [0.3, 0.4) is 0 Å². The largest absolute Gasteiger partial charge is 0.387 e. The Morgan fingerprint density at radius 3 is 3.07 bits per heavy atom. The van der Waals surface area contributed by atoms with Crippen molar-refractivity contribution in [2.45, 2.75) is 29.8 Å². The standard InChI is InChI=1S/C10H13N2O.Al/c11-8-4-1-5-9(13)10-7(8)3-2-6-12-10;/h2-4,6,8-9,13H,1,5,11H2;/t8-,9+;/m0./s1. The van der Waals surface area contributed by atoms with E-state index in [0.717, 1.165) is 24.1 Å².